The van der Waals surface area contributed by atoms with Crippen molar-refractivity contribution in [2.24, 2.45) is 0 Å². The number of carbonyl (C=O) groups excluding carboxylic acids is 1. The lowest BCUT2D eigenvalue weighted by Crippen LogP contribution is -2.27. The van der Waals surface area contributed by atoms with Crippen LogP contribution < -0.4 is 0 Å². The summed E-state index contributed by atoms with van der Waals surface area (Å²) in [5, 5.41) is 0. The second-order valence-electron chi connectivity index (χ2n) is 4.05. The first kappa shape index (κ1) is 11.8. The van der Waals surface area contributed by atoms with E-state index in [1.807, 2.05) is 39.0 Å². The molecule has 2 heteroatoms. The van der Waals surface area contributed by atoms with E-state index in [2.05, 4.69) is 6.07 Å². The maximum absolute atomic E-state index is 11.1. The molecule has 0 heterocycles. The van der Waals surface area contributed by atoms with Crippen LogP contribution in [0.4, 0.5) is 0 Å². The minimum atomic E-state index is -0.502. The first-order valence-corrected chi connectivity index (χ1v) is 5.24. The van der Waals surface area contributed by atoms with Crippen molar-refractivity contribution in [1.29, 1.82) is 0 Å². The average molecular weight is 206 g/mol. The summed E-state index contributed by atoms with van der Waals surface area (Å²) in [4.78, 5) is 11.1. The summed E-state index contributed by atoms with van der Waals surface area (Å²) in [5.74, 6) is -0.235. The van der Waals surface area contributed by atoms with Gasteiger partial charge in [0.1, 0.15) is 5.60 Å². The molecule has 0 aliphatic carbocycles. The molecule has 2 nitrogen and oxygen atoms in total. The van der Waals surface area contributed by atoms with E-state index in [1.165, 1.54) is 12.5 Å². The van der Waals surface area contributed by atoms with Gasteiger partial charge < -0.3 is 4.74 Å². The minimum absolute atomic E-state index is 0.235. The van der Waals surface area contributed by atoms with Crippen LogP contribution in [0.1, 0.15) is 38.3 Å². The Morgan fingerprint density at radius 2 is 2.13 bits per heavy atom. The van der Waals surface area contributed by atoms with Crippen molar-refractivity contribution in [2.75, 3.05) is 0 Å². The molecule has 0 spiro atoms. The molecule has 0 radical (unpaired) electrons. The number of aryl methyl sites for hydroxylation is 1. The molecule has 0 amide bonds. The average Bonchev–Trinajstić information content (AvgIpc) is 2.16. The first-order valence-electron chi connectivity index (χ1n) is 5.24. The van der Waals surface area contributed by atoms with Gasteiger partial charge in [0, 0.05) is 6.92 Å². The van der Waals surface area contributed by atoms with Crippen molar-refractivity contribution in [3.05, 3.63) is 35.4 Å². The summed E-state index contributed by atoms with van der Waals surface area (Å²) < 4.78 is 5.39. The van der Waals surface area contributed by atoms with Crippen LogP contribution in [0.25, 0.3) is 0 Å². The normalized spacial score (nSPS) is 14.4. The van der Waals surface area contributed by atoms with Gasteiger partial charge in [0.25, 0.3) is 0 Å². The molecule has 0 saturated carbocycles. The minimum Gasteiger partial charge on any atom is -0.455 e. The Hall–Kier alpha value is -1.31. The summed E-state index contributed by atoms with van der Waals surface area (Å²) >= 11 is 0. The van der Waals surface area contributed by atoms with Crippen LogP contribution in [0, 0.1) is 6.92 Å². The lowest BCUT2D eigenvalue weighted by molar-refractivity contribution is -0.156. The van der Waals surface area contributed by atoms with E-state index in [4.69, 9.17) is 4.74 Å². The molecule has 82 valence electrons. The molecule has 0 N–H and O–H groups in total. The zero-order valence-electron chi connectivity index (χ0n) is 9.83. The highest BCUT2D eigenvalue weighted by atomic mass is 16.6. The Labute approximate surface area is 91.3 Å². The predicted molar refractivity (Wildman–Crippen MR) is 60.6 cm³/mol. The van der Waals surface area contributed by atoms with Crippen LogP contribution in [0.5, 0.6) is 0 Å². The third-order valence-electron chi connectivity index (χ3n) is 2.67. The molecule has 1 aromatic rings. The van der Waals surface area contributed by atoms with E-state index in [-0.39, 0.29) is 5.97 Å². The van der Waals surface area contributed by atoms with Crippen molar-refractivity contribution < 1.29 is 9.53 Å². The third-order valence-corrected chi connectivity index (χ3v) is 2.67. The quantitative estimate of drug-likeness (QED) is 0.710. The largest absolute Gasteiger partial charge is 0.455 e. The molecule has 0 aromatic heterocycles. The van der Waals surface area contributed by atoms with E-state index in [9.17, 15) is 4.79 Å². The van der Waals surface area contributed by atoms with Gasteiger partial charge in [-0.15, -0.1) is 0 Å². The van der Waals surface area contributed by atoms with Gasteiger partial charge in [-0.1, -0.05) is 36.8 Å². The van der Waals surface area contributed by atoms with E-state index >= 15 is 0 Å². The molecule has 15 heavy (non-hydrogen) atoms. The number of carbonyl (C=O) groups is 1. The Morgan fingerprint density at radius 1 is 1.47 bits per heavy atom. The Kier molecular flexibility index (Phi) is 3.51. The lowest BCUT2D eigenvalue weighted by Gasteiger charge is -2.28. The van der Waals surface area contributed by atoms with Crippen molar-refractivity contribution in [1.82, 2.24) is 0 Å². The van der Waals surface area contributed by atoms with Gasteiger partial charge >= 0.3 is 5.97 Å². The maximum Gasteiger partial charge on any atom is 0.303 e. The van der Waals surface area contributed by atoms with Crippen LogP contribution in [-0.2, 0) is 15.1 Å². The maximum atomic E-state index is 11.1. The summed E-state index contributed by atoms with van der Waals surface area (Å²) in [6, 6.07) is 8.08. The van der Waals surface area contributed by atoms with Crippen molar-refractivity contribution in [3.63, 3.8) is 0 Å². The number of hydrogen-bond donors (Lipinski definition) is 0. The molecule has 0 aliphatic rings. The molecule has 1 unspecified atom stereocenters. The monoisotopic (exact) mass is 206 g/mol. The van der Waals surface area contributed by atoms with Crippen LogP contribution in [0.3, 0.4) is 0 Å². The highest BCUT2D eigenvalue weighted by Crippen LogP contribution is 2.29. The Morgan fingerprint density at radius 3 is 2.60 bits per heavy atom. The van der Waals surface area contributed by atoms with Gasteiger partial charge in [-0.05, 0) is 25.8 Å². The van der Waals surface area contributed by atoms with Crippen LogP contribution in [0.15, 0.2) is 24.3 Å². The third kappa shape index (κ3) is 2.82. The fraction of sp³-hybridized carbons (Fsp3) is 0.462. The van der Waals surface area contributed by atoms with Crippen LogP contribution in [-0.4, -0.2) is 5.97 Å². The Bertz CT molecular complexity index is 357. The van der Waals surface area contributed by atoms with Crippen LogP contribution in [0.2, 0.25) is 0 Å². The SMILES string of the molecule is CCC(C)(OC(C)=O)c1cccc(C)c1. The zero-order valence-corrected chi connectivity index (χ0v) is 9.83. The molecule has 0 saturated heterocycles. The van der Waals surface area contributed by atoms with Gasteiger partial charge in [0.15, 0.2) is 0 Å². The second kappa shape index (κ2) is 4.47. The summed E-state index contributed by atoms with van der Waals surface area (Å²) in [7, 11) is 0. The van der Waals surface area contributed by atoms with Crippen molar-refractivity contribution in [3.8, 4) is 0 Å². The topological polar surface area (TPSA) is 26.3 Å². The Balaban J connectivity index is 3.05. The lowest BCUT2D eigenvalue weighted by atomic mass is 9.92. The molecule has 0 bridgehead atoms. The molecule has 1 rings (SSSR count). The molecular weight excluding hydrogens is 188 g/mol. The second-order valence-corrected chi connectivity index (χ2v) is 4.05. The molecule has 0 fully saturated rings. The van der Waals surface area contributed by atoms with Gasteiger partial charge in [0.2, 0.25) is 0 Å². The van der Waals surface area contributed by atoms with Gasteiger partial charge in [-0.2, -0.15) is 0 Å². The number of rotatable bonds is 3. The smallest absolute Gasteiger partial charge is 0.303 e. The van der Waals surface area contributed by atoms with Crippen LogP contribution >= 0.6 is 0 Å². The number of hydrogen-bond acceptors (Lipinski definition) is 2. The van der Waals surface area contributed by atoms with Gasteiger partial charge in [-0.25, -0.2) is 0 Å². The van der Waals surface area contributed by atoms with Gasteiger partial charge in [-0.3, -0.25) is 4.79 Å². The first-order chi connectivity index (χ1) is 6.98. The van der Waals surface area contributed by atoms with E-state index in [1.54, 1.807) is 0 Å². The molecule has 1 atom stereocenters. The number of ether oxygens (including phenoxy) is 1. The predicted octanol–water partition coefficient (Wildman–Crippen LogP) is 3.18. The van der Waals surface area contributed by atoms with E-state index in [0.29, 0.717) is 0 Å². The zero-order chi connectivity index (χ0) is 11.5. The number of esters is 1. The van der Waals surface area contributed by atoms with Crippen molar-refractivity contribution >= 4 is 5.97 Å². The summed E-state index contributed by atoms with van der Waals surface area (Å²) in [5.41, 5.74) is 1.73. The van der Waals surface area contributed by atoms with Crippen molar-refractivity contribution in [2.45, 2.75) is 39.7 Å². The standard InChI is InChI=1S/C13H18O2/c1-5-13(4,15-11(3)14)12-8-6-7-10(2)9-12/h6-9H,5H2,1-4H3. The summed E-state index contributed by atoms with van der Waals surface area (Å²) in [6.45, 7) is 7.45. The summed E-state index contributed by atoms with van der Waals surface area (Å²) in [6.07, 6.45) is 0.774. The number of benzene rings is 1. The van der Waals surface area contributed by atoms with E-state index < -0.39 is 5.60 Å². The molecule has 1 aromatic carbocycles. The fourth-order valence-electron chi connectivity index (χ4n) is 1.63. The highest BCUT2D eigenvalue weighted by Gasteiger charge is 2.27. The van der Waals surface area contributed by atoms with E-state index in [0.717, 1.165) is 12.0 Å². The van der Waals surface area contributed by atoms with Gasteiger partial charge in [0.05, 0.1) is 0 Å². The fourth-order valence-corrected chi connectivity index (χ4v) is 1.63. The highest BCUT2D eigenvalue weighted by molar-refractivity contribution is 5.66. The molecule has 0 aliphatic heterocycles. The molecular formula is C13H18O2.